The smallest absolute Gasteiger partial charge is 0.274 e. The lowest BCUT2D eigenvalue weighted by atomic mass is 10.1. The Labute approximate surface area is 172 Å². The molecule has 0 radical (unpaired) electrons. The van der Waals surface area contributed by atoms with E-state index >= 15 is 0 Å². The van der Waals surface area contributed by atoms with E-state index in [0.29, 0.717) is 42.8 Å². The van der Waals surface area contributed by atoms with Crippen LogP contribution >= 0.6 is 11.3 Å². The number of carbonyl (C=O) groups is 1. The third-order valence-electron chi connectivity index (χ3n) is 5.18. The number of fused-ring (bicyclic) bond motifs is 1. The van der Waals surface area contributed by atoms with Crippen molar-refractivity contribution in [3.05, 3.63) is 46.5 Å². The molecule has 1 fully saturated rings. The van der Waals surface area contributed by atoms with Crippen LogP contribution in [0.25, 0.3) is 10.2 Å². The van der Waals surface area contributed by atoms with Crippen molar-refractivity contribution in [1.82, 2.24) is 19.9 Å². The zero-order valence-corrected chi connectivity index (χ0v) is 17.2. The molecule has 3 aromatic heterocycles. The Morgan fingerprint density at radius 1 is 1.41 bits per heavy atom. The van der Waals surface area contributed by atoms with Crippen molar-refractivity contribution in [2.24, 2.45) is 11.7 Å². The number of nitrogens with zero attached hydrogens (tertiary/aromatic N) is 4. The average Bonchev–Trinajstić information content (AvgIpc) is 3.32. The van der Waals surface area contributed by atoms with E-state index in [1.807, 2.05) is 24.8 Å². The molecule has 1 aliphatic rings. The zero-order valence-electron chi connectivity index (χ0n) is 16.4. The minimum Gasteiger partial charge on any atom is -0.348 e. The number of rotatable bonds is 5. The van der Waals surface area contributed by atoms with Crippen molar-refractivity contribution >= 4 is 33.4 Å². The molecule has 1 amide bonds. The summed E-state index contributed by atoms with van der Waals surface area (Å²) in [5, 5.41) is 3.18. The van der Waals surface area contributed by atoms with E-state index in [0.717, 1.165) is 27.7 Å². The maximum absolute atomic E-state index is 13.5. The van der Waals surface area contributed by atoms with Crippen LogP contribution in [0, 0.1) is 18.7 Å². The lowest BCUT2D eigenvalue weighted by Crippen LogP contribution is -2.30. The van der Waals surface area contributed by atoms with Gasteiger partial charge in [0.25, 0.3) is 5.91 Å². The fraction of sp³-hybridized carbons (Fsp3) is 0.400. The lowest BCUT2D eigenvalue weighted by Gasteiger charge is -2.18. The van der Waals surface area contributed by atoms with Crippen molar-refractivity contribution in [2.75, 3.05) is 25.0 Å². The summed E-state index contributed by atoms with van der Waals surface area (Å²) in [6.45, 7) is 5.77. The molecule has 0 bridgehead atoms. The molecular formula is C20H23FN6OS. The van der Waals surface area contributed by atoms with E-state index in [2.05, 4.69) is 20.3 Å². The topological polar surface area (TPSA) is 97.0 Å². The first-order valence-corrected chi connectivity index (χ1v) is 10.4. The van der Waals surface area contributed by atoms with Crippen LogP contribution in [-0.2, 0) is 0 Å². The Balaban J connectivity index is 1.66. The highest BCUT2D eigenvalue weighted by Gasteiger charge is 2.29. The first kappa shape index (κ1) is 19.7. The number of carbonyl (C=O) groups excluding carboxylic acids is 1. The molecule has 2 atom stereocenters. The number of thiophene rings is 1. The van der Waals surface area contributed by atoms with Gasteiger partial charge >= 0.3 is 0 Å². The van der Waals surface area contributed by atoms with E-state index in [9.17, 15) is 9.18 Å². The molecule has 29 heavy (non-hydrogen) atoms. The monoisotopic (exact) mass is 414 g/mol. The van der Waals surface area contributed by atoms with Crippen LogP contribution in [0.15, 0.2) is 24.5 Å². The highest BCUT2D eigenvalue weighted by Crippen LogP contribution is 2.30. The van der Waals surface area contributed by atoms with Gasteiger partial charge in [0.05, 0.1) is 22.5 Å². The predicted molar refractivity (Wildman–Crippen MR) is 111 cm³/mol. The molecule has 3 N–H and O–H groups in total. The van der Waals surface area contributed by atoms with Crippen molar-refractivity contribution in [1.29, 1.82) is 0 Å². The van der Waals surface area contributed by atoms with Gasteiger partial charge in [-0.2, -0.15) is 0 Å². The number of halogens is 1. The van der Waals surface area contributed by atoms with Crippen LogP contribution < -0.4 is 11.1 Å². The number of amides is 1. The van der Waals surface area contributed by atoms with Crippen molar-refractivity contribution < 1.29 is 9.18 Å². The zero-order chi connectivity index (χ0) is 20.5. The fourth-order valence-corrected chi connectivity index (χ4v) is 4.49. The van der Waals surface area contributed by atoms with Crippen molar-refractivity contribution in [3.63, 3.8) is 0 Å². The molecule has 1 aliphatic heterocycles. The summed E-state index contributed by atoms with van der Waals surface area (Å²) in [6, 6.07) is 3.10. The standard InChI is InChI=1S/C20H23FN6OS/c1-11-5-16-18(29-11)17(19(28)27-4-3-13(7-22)10-27)26-20(25-16)24-12(2)14-6-15(21)9-23-8-14/h5-6,8-9,12-13H,3-4,7,10,22H2,1-2H3,(H,24,25,26)/t12-,13?/m0/s1. The summed E-state index contributed by atoms with van der Waals surface area (Å²) in [5.41, 5.74) is 7.57. The summed E-state index contributed by atoms with van der Waals surface area (Å²) >= 11 is 1.51. The van der Waals surface area contributed by atoms with Gasteiger partial charge in [-0.3, -0.25) is 9.78 Å². The average molecular weight is 415 g/mol. The van der Waals surface area contributed by atoms with Crippen LogP contribution in [0.3, 0.4) is 0 Å². The van der Waals surface area contributed by atoms with Crippen LogP contribution in [0.5, 0.6) is 0 Å². The van der Waals surface area contributed by atoms with E-state index in [4.69, 9.17) is 5.73 Å². The number of aromatic nitrogens is 3. The van der Waals surface area contributed by atoms with Gasteiger partial charge in [-0.15, -0.1) is 11.3 Å². The van der Waals surface area contributed by atoms with E-state index < -0.39 is 5.82 Å². The molecule has 7 nitrogen and oxygen atoms in total. The van der Waals surface area contributed by atoms with Gasteiger partial charge in [-0.1, -0.05) is 0 Å². The SMILES string of the molecule is Cc1cc2nc(N[C@@H](C)c3cncc(F)c3)nc(C(=O)N3CCC(CN)C3)c2s1. The highest BCUT2D eigenvalue weighted by atomic mass is 32.1. The molecule has 0 saturated carbocycles. The third-order valence-corrected chi connectivity index (χ3v) is 6.22. The first-order valence-electron chi connectivity index (χ1n) is 9.59. The maximum Gasteiger partial charge on any atom is 0.274 e. The maximum atomic E-state index is 13.5. The number of aryl methyl sites for hydroxylation is 1. The number of nitrogens with one attached hydrogen (secondary N) is 1. The molecule has 1 unspecified atom stereocenters. The molecule has 3 aromatic rings. The van der Waals surface area contributed by atoms with Crippen LogP contribution in [0.4, 0.5) is 10.3 Å². The highest BCUT2D eigenvalue weighted by molar-refractivity contribution is 7.19. The van der Waals surface area contributed by atoms with Gasteiger partial charge in [0, 0.05) is 24.2 Å². The summed E-state index contributed by atoms with van der Waals surface area (Å²) in [4.78, 5) is 29.1. The van der Waals surface area contributed by atoms with Gasteiger partial charge in [-0.25, -0.2) is 14.4 Å². The number of anilines is 1. The minimum absolute atomic E-state index is 0.0988. The summed E-state index contributed by atoms with van der Waals surface area (Å²) in [6.07, 6.45) is 3.67. The quantitative estimate of drug-likeness (QED) is 0.666. The van der Waals surface area contributed by atoms with Gasteiger partial charge in [0.2, 0.25) is 5.95 Å². The van der Waals surface area contributed by atoms with Gasteiger partial charge in [-0.05, 0) is 50.4 Å². The molecule has 0 aromatic carbocycles. The number of likely N-dealkylation sites (tertiary alicyclic amines) is 1. The Kier molecular flexibility index (Phi) is 5.42. The minimum atomic E-state index is -0.402. The van der Waals surface area contributed by atoms with Crippen molar-refractivity contribution in [3.8, 4) is 0 Å². The summed E-state index contributed by atoms with van der Waals surface area (Å²) in [7, 11) is 0. The third kappa shape index (κ3) is 4.06. The molecule has 152 valence electrons. The van der Waals surface area contributed by atoms with E-state index in [1.165, 1.54) is 17.4 Å². The second-order valence-electron chi connectivity index (χ2n) is 7.41. The Morgan fingerprint density at radius 3 is 2.97 bits per heavy atom. The van der Waals surface area contributed by atoms with Gasteiger partial charge < -0.3 is 16.0 Å². The first-order chi connectivity index (χ1) is 13.9. The van der Waals surface area contributed by atoms with Crippen LogP contribution in [0.2, 0.25) is 0 Å². The van der Waals surface area contributed by atoms with Crippen LogP contribution in [0.1, 0.15) is 40.3 Å². The summed E-state index contributed by atoms with van der Waals surface area (Å²) < 4.78 is 14.3. The van der Waals surface area contributed by atoms with E-state index in [1.54, 1.807) is 6.20 Å². The summed E-state index contributed by atoms with van der Waals surface area (Å²) in [5.74, 6) is 0.170. The molecule has 4 rings (SSSR count). The number of hydrogen-bond donors (Lipinski definition) is 2. The van der Waals surface area contributed by atoms with Gasteiger partial charge in [0.15, 0.2) is 5.69 Å². The van der Waals surface area contributed by atoms with E-state index in [-0.39, 0.29) is 11.9 Å². The van der Waals surface area contributed by atoms with Gasteiger partial charge in [0.1, 0.15) is 5.82 Å². The van der Waals surface area contributed by atoms with Crippen molar-refractivity contribution in [2.45, 2.75) is 26.3 Å². The molecule has 0 aliphatic carbocycles. The second kappa shape index (κ2) is 8.00. The Morgan fingerprint density at radius 2 is 2.24 bits per heavy atom. The normalized spacial score (nSPS) is 17.7. The Hall–Kier alpha value is -2.65. The number of nitrogens with two attached hydrogens (primary N) is 1. The number of pyridine rings is 1. The molecule has 9 heteroatoms. The van der Waals surface area contributed by atoms with Crippen LogP contribution in [-0.4, -0.2) is 45.4 Å². The lowest BCUT2D eigenvalue weighted by molar-refractivity contribution is 0.0784. The molecule has 0 spiro atoms. The Bertz CT molecular complexity index is 1050. The molecule has 1 saturated heterocycles. The number of hydrogen-bond acceptors (Lipinski definition) is 7. The molecular weight excluding hydrogens is 391 g/mol. The largest absolute Gasteiger partial charge is 0.348 e. The fourth-order valence-electron chi connectivity index (χ4n) is 3.56. The molecule has 4 heterocycles. The second-order valence-corrected chi connectivity index (χ2v) is 8.67. The predicted octanol–water partition coefficient (Wildman–Crippen LogP) is 3.13.